The Hall–Kier alpha value is -3.59. The van der Waals surface area contributed by atoms with E-state index in [2.05, 4.69) is 4.99 Å². The molecule has 0 saturated carbocycles. The average Bonchev–Trinajstić information content (AvgIpc) is 2.55. The van der Waals surface area contributed by atoms with Crippen LogP contribution >= 0.6 is 0 Å². The summed E-state index contributed by atoms with van der Waals surface area (Å²) in [5.74, 6) is -0.575. The number of nitriles is 1. The van der Waals surface area contributed by atoms with Crippen LogP contribution in [0.25, 0.3) is 11.0 Å². The highest BCUT2D eigenvalue weighted by molar-refractivity contribution is 5.95. The number of hydrogen-bond acceptors (Lipinski definition) is 5. The number of primary amides is 1. The van der Waals surface area contributed by atoms with Crippen molar-refractivity contribution in [3.63, 3.8) is 0 Å². The van der Waals surface area contributed by atoms with E-state index in [9.17, 15) is 9.90 Å². The molecule has 0 aliphatic carbocycles. The van der Waals surface area contributed by atoms with Gasteiger partial charge < -0.3 is 15.3 Å². The molecular formula is C17H11N3O3. The van der Waals surface area contributed by atoms with Crippen LogP contribution in [0.5, 0.6) is 5.75 Å². The van der Waals surface area contributed by atoms with E-state index in [4.69, 9.17) is 15.4 Å². The second kappa shape index (κ2) is 5.66. The second-order valence-electron chi connectivity index (χ2n) is 4.82. The number of phenolic OH excluding ortho intramolecular Hbond substituents is 1. The molecule has 3 rings (SSSR count). The number of nitrogens with zero attached hydrogens (tertiary/aromatic N) is 2. The molecule has 0 fully saturated rings. The van der Waals surface area contributed by atoms with Crippen molar-refractivity contribution in [1.29, 1.82) is 5.26 Å². The molecule has 1 aromatic heterocycles. The van der Waals surface area contributed by atoms with Gasteiger partial charge in [0.2, 0.25) is 5.55 Å². The van der Waals surface area contributed by atoms with Gasteiger partial charge in [0, 0.05) is 5.39 Å². The highest BCUT2D eigenvalue weighted by Gasteiger charge is 2.10. The lowest BCUT2D eigenvalue weighted by Crippen LogP contribution is -2.21. The van der Waals surface area contributed by atoms with Crippen molar-refractivity contribution in [1.82, 2.24) is 0 Å². The first-order valence-corrected chi connectivity index (χ1v) is 6.68. The lowest BCUT2D eigenvalue weighted by atomic mass is 10.1. The number of benzene rings is 2. The van der Waals surface area contributed by atoms with Crippen molar-refractivity contribution in [3.05, 3.63) is 65.2 Å². The topological polar surface area (TPSA) is 113 Å². The molecule has 112 valence electrons. The summed E-state index contributed by atoms with van der Waals surface area (Å²) in [6, 6.07) is 14.5. The normalized spacial score (nSPS) is 11.3. The van der Waals surface area contributed by atoms with Crippen LogP contribution in [0.2, 0.25) is 0 Å². The Kier molecular flexibility index (Phi) is 3.53. The molecule has 0 spiro atoms. The molecule has 0 atom stereocenters. The molecule has 1 amide bonds. The maximum atomic E-state index is 11.7. The lowest BCUT2D eigenvalue weighted by molar-refractivity contribution is 0.0996. The van der Waals surface area contributed by atoms with Crippen LogP contribution in [0.3, 0.4) is 0 Å². The number of carbonyl (C=O) groups excluding carboxylic acids is 1. The zero-order valence-corrected chi connectivity index (χ0v) is 11.9. The lowest BCUT2D eigenvalue weighted by Gasteiger charge is -2.02. The zero-order chi connectivity index (χ0) is 16.4. The summed E-state index contributed by atoms with van der Waals surface area (Å²) in [5.41, 5.74) is 7.00. The predicted octanol–water partition coefficient (Wildman–Crippen LogP) is 2.34. The Morgan fingerprint density at radius 1 is 1.17 bits per heavy atom. The van der Waals surface area contributed by atoms with Crippen molar-refractivity contribution in [2.75, 3.05) is 0 Å². The number of aromatic hydroxyl groups is 1. The van der Waals surface area contributed by atoms with E-state index < -0.39 is 5.91 Å². The summed E-state index contributed by atoms with van der Waals surface area (Å²) in [4.78, 5) is 15.9. The monoisotopic (exact) mass is 305 g/mol. The minimum atomic E-state index is -0.685. The van der Waals surface area contributed by atoms with Crippen LogP contribution < -0.4 is 11.3 Å². The van der Waals surface area contributed by atoms with Crippen LogP contribution in [0.4, 0.5) is 5.69 Å². The first-order valence-electron chi connectivity index (χ1n) is 6.68. The number of fused-ring (bicyclic) bond motifs is 1. The first-order chi connectivity index (χ1) is 11.1. The van der Waals surface area contributed by atoms with E-state index in [1.54, 1.807) is 36.4 Å². The van der Waals surface area contributed by atoms with Gasteiger partial charge in [-0.15, -0.1) is 0 Å². The van der Waals surface area contributed by atoms with Crippen LogP contribution in [-0.4, -0.2) is 11.0 Å². The minimum Gasteiger partial charge on any atom is -0.508 e. The molecule has 0 bridgehead atoms. The maximum Gasteiger partial charge on any atom is 0.254 e. The van der Waals surface area contributed by atoms with Crippen molar-refractivity contribution in [2.24, 2.45) is 10.7 Å². The van der Waals surface area contributed by atoms with Crippen molar-refractivity contribution in [3.8, 4) is 11.8 Å². The van der Waals surface area contributed by atoms with Gasteiger partial charge in [0.05, 0.1) is 17.3 Å². The van der Waals surface area contributed by atoms with Crippen LogP contribution in [0.1, 0.15) is 15.9 Å². The highest BCUT2D eigenvalue weighted by atomic mass is 16.3. The SMILES string of the molecule is N#Cc1ccc2o/c(=N\c3ccc(O)cc3)c(C(N)=O)cc2c1. The summed E-state index contributed by atoms with van der Waals surface area (Å²) >= 11 is 0. The molecule has 1 heterocycles. The number of hydrogen-bond donors (Lipinski definition) is 2. The molecule has 0 aliphatic heterocycles. The van der Waals surface area contributed by atoms with E-state index in [-0.39, 0.29) is 16.9 Å². The Morgan fingerprint density at radius 2 is 1.91 bits per heavy atom. The number of carbonyl (C=O) groups is 1. The summed E-state index contributed by atoms with van der Waals surface area (Å²) in [5, 5.41) is 18.8. The summed E-state index contributed by atoms with van der Waals surface area (Å²) in [6.07, 6.45) is 0. The minimum absolute atomic E-state index is 0.0698. The Balaban J connectivity index is 2.26. The fourth-order valence-electron chi connectivity index (χ4n) is 2.10. The summed E-state index contributed by atoms with van der Waals surface area (Å²) < 4.78 is 5.65. The Bertz CT molecular complexity index is 1010. The molecule has 2 aromatic carbocycles. The molecule has 0 radical (unpaired) electrons. The van der Waals surface area contributed by atoms with Crippen molar-refractivity contribution < 1.29 is 14.3 Å². The molecule has 0 aliphatic rings. The van der Waals surface area contributed by atoms with Crippen LogP contribution in [0.15, 0.2) is 57.9 Å². The number of rotatable bonds is 2. The molecule has 0 unspecified atom stereocenters. The molecule has 3 N–H and O–H groups in total. The Morgan fingerprint density at radius 3 is 2.57 bits per heavy atom. The van der Waals surface area contributed by atoms with E-state index in [1.165, 1.54) is 12.1 Å². The summed E-state index contributed by atoms with van der Waals surface area (Å²) in [6.45, 7) is 0. The molecular weight excluding hydrogens is 294 g/mol. The molecule has 23 heavy (non-hydrogen) atoms. The maximum absolute atomic E-state index is 11.7. The van der Waals surface area contributed by atoms with Gasteiger partial charge in [-0.2, -0.15) is 5.26 Å². The summed E-state index contributed by atoms with van der Waals surface area (Å²) in [7, 11) is 0. The third kappa shape index (κ3) is 2.89. The number of amides is 1. The Labute approximate surface area is 130 Å². The third-order valence-electron chi connectivity index (χ3n) is 3.22. The van der Waals surface area contributed by atoms with E-state index in [1.807, 2.05) is 6.07 Å². The first kappa shape index (κ1) is 14.4. The van der Waals surface area contributed by atoms with E-state index in [0.29, 0.717) is 22.2 Å². The number of phenols is 1. The standard InChI is InChI=1S/C17H11N3O3/c18-9-10-1-6-15-11(7-10)8-14(16(19)22)17(23-15)20-12-2-4-13(21)5-3-12/h1-8,21H,(H2,19,22)/b20-17-. The largest absolute Gasteiger partial charge is 0.508 e. The van der Waals surface area contributed by atoms with E-state index >= 15 is 0 Å². The fourth-order valence-corrected chi connectivity index (χ4v) is 2.10. The van der Waals surface area contributed by atoms with E-state index in [0.717, 1.165) is 0 Å². The molecule has 3 aromatic rings. The quantitative estimate of drug-likeness (QED) is 0.756. The second-order valence-corrected chi connectivity index (χ2v) is 4.82. The molecule has 6 heteroatoms. The van der Waals surface area contributed by atoms with Gasteiger partial charge in [0.1, 0.15) is 16.9 Å². The van der Waals surface area contributed by atoms with Crippen LogP contribution in [-0.2, 0) is 0 Å². The van der Waals surface area contributed by atoms with Crippen LogP contribution in [0, 0.1) is 11.3 Å². The molecule has 6 nitrogen and oxygen atoms in total. The predicted molar refractivity (Wildman–Crippen MR) is 82.8 cm³/mol. The average molecular weight is 305 g/mol. The van der Waals surface area contributed by atoms with Gasteiger partial charge in [-0.3, -0.25) is 4.79 Å². The van der Waals surface area contributed by atoms with Gasteiger partial charge in [0.25, 0.3) is 5.91 Å². The third-order valence-corrected chi connectivity index (χ3v) is 3.22. The van der Waals surface area contributed by atoms with Gasteiger partial charge in [-0.1, -0.05) is 0 Å². The number of nitrogens with two attached hydrogens (primary N) is 1. The smallest absolute Gasteiger partial charge is 0.254 e. The molecule has 0 saturated heterocycles. The van der Waals surface area contributed by atoms with Gasteiger partial charge in [0.15, 0.2) is 0 Å². The van der Waals surface area contributed by atoms with Crippen molar-refractivity contribution in [2.45, 2.75) is 0 Å². The van der Waals surface area contributed by atoms with Gasteiger partial charge in [-0.25, -0.2) is 4.99 Å². The van der Waals surface area contributed by atoms with Crippen molar-refractivity contribution >= 4 is 22.6 Å². The van der Waals surface area contributed by atoms with Gasteiger partial charge in [-0.05, 0) is 48.5 Å². The zero-order valence-electron chi connectivity index (χ0n) is 11.9. The highest BCUT2D eigenvalue weighted by Crippen LogP contribution is 2.18. The fraction of sp³-hybridized carbons (Fsp3) is 0. The van der Waals surface area contributed by atoms with Gasteiger partial charge >= 0.3 is 0 Å².